The highest BCUT2D eigenvalue weighted by Crippen LogP contribution is 2.42. The molecule has 5 heteroatoms. The highest BCUT2D eigenvalue weighted by atomic mass is 16.3. The summed E-state index contributed by atoms with van der Waals surface area (Å²) in [6.07, 6.45) is 13.9. The molecule has 3 heterocycles. The molecular formula is C57H37N3O2. The van der Waals surface area contributed by atoms with Crippen LogP contribution in [0.15, 0.2) is 173 Å². The molecule has 0 spiro atoms. The molecule has 2 aliphatic carbocycles. The van der Waals surface area contributed by atoms with E-state index in [4.69, 9.17) is 23.8 Å². The molecule has 0 saturated carbocycles. The highest BCUT2D eigenvalue weighted by Gasteiger charge is 2.21. The molecule has 8 aromatic carbocycles. The van der Waals surface area contributed by atoms with E-state index in [0.717, 1.165) is 97.4 Å². The van der Waals surface area contributed by atoms with E-state index < -0.39 is 0 Å². The second-order valence-electron chi connectivity index (χ2n) is 16.5. The first-order valence-electron chi connectivity index (χ1n) is 21.4. The van der Waals surface area contributed by atoms with Crippen molar-refractivity contribution in [3.05, 3.63) is 186 Å². The molecule has 2 aliphatic rings. The Morgan fingerprint density at radius 1 is 0.355 bits per heavy atom. The smallest absolute Gasteiger partial charge is 0.164 e. The number of benzene rings is 8. The Bertz CT molecular complexity index is 3680. The van der Waals surface area contributed by atoms with Crippen LogP contribution in [-0.2, 0) is 12.8 Å². The maximum atomic E-state index is 6.51. The van der Waals surface area contributed by atoms with Crippen molar-refractivity contribution in [1.29, 1.82) is 0 Å². The number of fused-ring (bicyclic) bond motifs is 12. The van der Waals surface area contributed by atoms with Crippen LogP contribution >= 0.6 is 0 Å². The number of rotatable bonds is 5. The first-order valence-corrected chi connectivity index (χ1v) is 21.4. The number of hydrogen-bond donors (Lipinski definition) is 0. The number of para-hydroxylation sites is 1. The van der Waals surface area contributed by atoms with Gasteiger partial charge in [-0.25, -0.2) is 15.0 Å². The summed E-state index contributed by atoms with van der Waals surface area (Å²) in [7, 11) is 0. The summed E-state index contributed by atoms with van der Waals surface area (Å²) in [6.45, 7) is 0. The van der Waals surface area contributed by atoms with Gasteiger partial charge in [0.25, 0.3) is 0 Å². The molecule has 62 heavy (non-hydrogen) atoms. The van der Waals surface area contributed by atoms with E-state index in [-0.39, 0.29) is 0 Å². The maximum Gasteiger partial charge on any atom is 0.164 e. The number of nitrogens with zero attached hydrogens (tertiary/aromatic N) is 3. The van der Waals surface area contributed by atoms with Crippen LogP contribution in [0, 0.1) is 0 Å². The second kappa shape index (κ2) is 13.8. The third kappa shape index (κ3) is 5.59. The quantitative estimate of drug-likeness (QED) is 0.174. The average molecular weight is 796 g/mol. The minimum Gasteiger partial charge on any atom is -0.456 e. The fourth-order valence-electron chi connectivity index (χ4n) is 9.90. The van der Waals surface area contributed by atoms with Gasteiger partial charge in [0, 0.05) is 38.2 Å². The Balaban J connectivity index is 0.901. The second-order valence-corrected chi connectivity index (χ2v) is 16.5. The van der Waals surface area contributed by atoms with Crippen LogP contribution in [0.1, 0.15) is 35.1 Å². The molecule has 5 nitrogen and oxygen atoms in total. The molecule has 0 unspecified atom stereocenters. The van der Waals surface area contributed by atoms with Gasteiger partial charge in [0.1, 0.15) is 22.3 Å². The van der Waals surface area contributed by atoms with E-state index in [9.17, 15) is 0 Å². The molecule has 0 radical (unpaired) electrons. The molecule has 0 aliphatic heterocycles. The van der Waals surface area contributed by atoms with Crippen LogP contribution in [0.4, 0.5) is 0 Å². The molecule has 0 N–H and O–H groups in total. The Labute approximate surface area is 357 Å². The first-order chi connectivity index (χ1) is 30.7. The van der Waals surface area contributed by atoms with E-state index in [1.54, 1.807) is 5.56 Å². The topological polar surface area (TPSA) is 65.0 Å². The fraction of sp³-hybridized carbons (Fsp3) is 0.0702. The molecule has 0 fully saturated rings. The summed E-state index contributed by atoms with van der Waals surface area (Å²) in [4.78, 5) is 15.1. The SMILES string of the molecule is C1=Cc2c(c3c(c4cc(-c5ccc6oc7cccc(-c8ccc(-c9nc(-c%10ccccc%10)nc(-c%10ccc%11oc%12ccccc%12c%11c%10)n9)cc8)c7c6c5)ccc24)C=CCC3)CC1. The lowest BCUT2D eigenvalue weighted by molar-refractivity contribution is 0.668. The predicted octanol–water partition coefficient (Wildman–Crippen LogP) is 15.1. The third-order valence-corrected chi connectivity index (χ3v) is 12.9. The molecule has 3 aromatic heterocycles. The average Bonchev–Trinajstić information content (AvgIpc) is 3.92. The van der Waals surface area contributed by atoms with Crippen molar-refractivity contribution in [2.24, 2.45) is 0 Å². The number of allylic oxidation sites excluding steroid dienone is 2. The van der Waals surface area contributed by atoms with Gasteiger partial charge in [0.15, 0.2) is 17.5 Å². The Morgan fingerprint density at radius 2 is 0.887 bits per heavy atom. The molecule has 0 atom stereocenters. The van der Waals surface area contributed by atoms with E-state index in [1.165, 1.54) is 38.6 Å². The standard InChI is InChI=1S/C57H37N3O2/c1-2-11-35(12-3-1)55-58-56(60-57(59-55)39-27-30-51-48(33-39)46-17-8-9-19-50(46)61-51)36-23-21-34(22-24-36)40-18-10-20-53-54(40)49-32-38(26-29-52(49)62-53)37-25-28-45-43-15-5-4-13-41(43)42-14-6-7-16-44(42)47(45)31-37/h1-3,5,7-12,15-33H,4,6,13-14H2. The monoisotopic (exact) mass is 795 g/mol. The van der Waals surface area contributed by atoms with Crippen LogP contribution in [0.3, 0.4) is 0 Å². The van der Waals surface area contributed by atoms with Crippen molar-refractivity contribution >= 4 is 66.8 Å². The van der Waals surface area contributed by atoms with Crippen LogP contribution in [0.2, 0.25) is 0 Å². The van der Waals surface area contributed by atoms with Crippen LogP contribution < -0.4 is 0 Å². The van der Waals surface area contributed by atoms with E-state index in [0.29, 0.717) is 17.5 Å². The molecular weight excluding hydrogens is 759 g/mol. The van der Waals surface area contributed by atoms with Crippen LogP contribution in [-0.4, -0.2) is 15.0 Å². The molecule has 11 aromatic rings. The van der Waals surface area contributed by atoms with E-state index in [2.05, 4.69) is 115 Å². The fourth-order valence-corrected chi connectivity index (χ4v) is 9.90. The largest absolute Gasteiger partial charge is 0.456 e. The lowest BCUT2D eigenvalue weighted by atomic mass is 9.80. The minimum absolute atomic E-state index is 0.606. The number of hydrogen-bond acceptors (Lipinski definition) is 5. The van der Waals surface area contributed by atoms with Crippen LogP contribution in [0.5, 0.6) is 0 Å². The van der Waals surface area contributed by atoms with Crippen molar-refractivity contribution in [1.82, 2.24) is 15.0 Å². The Morgan fingerprint density at radius 3 is 1.66 bits per heavy atom. The van der Waals surface area contributed by atoms with Crippen molar-refractivity contribution in [3.63, 3.8) is 0 Å². The zero-order chi connectivity index (χ0) is 40.7. The van der Waals surface area contributed by atoms with Gasteiger partial charge in [-0.1, -0.05) is 127 Å². The zero-order valence-electron chi connectivity index (χ0n) is 33.7. The highest BCUT2D eigenvalue weighted by molar-refractivity contribution is 6.14. The molecule has 13 rings (SSSR count). The Hall–Kier alpha value is -7.89. The summed E-state index contributed by atoms with van der Waals surface area (Å²) < 4.78 is 12.6. The van der Waals surface area contributed by atoms with Crippen LogP contribution in [0.25, 0.3) is 123 Å². The minimum atomic E-state index is 0.606. The molecule has 292 valence electrons. The van der Waals surface area contributed by atoms with E-state index >= 15 is 0 Å². The molecule has 0 saturated heterocycles. The van der Waals surface area contributed by atoms with Crippen molar-refractivity contribution in [2.45, 2.75) is 25.7 Å². The van der Waals surface area contributed by atoms with Gasteiger partial charge >= 0.3 is 0 Å². The first kappa shape index (κ1) is 34.9. The summed E-state index contributed by atoms with van der Waals surface area (Å²) in [5, 5.41) is 6.99. The number of aromatic nitrogens is 3. The van der Waals surface area contributed by atoms with Crippen molar-refractivity contribution in [2.75, 3.05) is 0 Å². The number of furan rings is 2. The maximum absolute atomic E-state index is 6.51. The van der Waals surface area contributed by atoms with Crippen molar-refractivity contribution in [3.8, 4) is 56.4 Å². The normalized spacial score (nSPS) is 13.4. The van der Waals surface area contributed by atoms with Gasteiger partial charge in [-0.15, -0.1) is 0 Å². The lowest BCUT2D eigenvalue weighted by Gasteiger charge is -2.24. The van der Waals surface area contributed by atoms with Gasteiger partial charge < -0.3 is 8.83 Å². The third-order valence-electron chi connectivity index (χ3n) is 12.9. The van der Waals surface area contributed by atoms with E-state index in [1.807, 2.05) is 60.7 Å². The van der Waals surface area contributed by atoms with Gasteiger partial charge in [-0.3, -0.25) is 0 Å². The Kier molecular flexibility index (Phi) is 7.79. The summed E-state index contributed by atoms with van der Waals surface area (Å²) >= 11 is 0. The predicted molar refractivity (Wildman–Crippen MR) is 254 cm³/mol. The van der Waals surface area contributed by atoms with Crippen molar-refractivity contribution < 1.29 is 8.83 Å². The van der Waals surface area contributed by atoms with Gasteiger partial charge in [-0.2, -0.15) is 0 Å². The summed E-state index contributed by atoms with van der Waals surface area (Å²) in [5.74, 6) is 1.84. The van der Waals surface area contributed by atoms with Gasteiger partial charge in [0.05, 0.1) is 0 Å². The summed E-state index contributed by atoms with van der Waals surface area (Å²) in [6, 6.07) is 52.9. The lowest BCUT2D eigenvalue weighted by Crippen LogP contribution is -2.07. The van der Waals surface area contributed by atoms with Gasteiger partial charge in [0.2, 0.25) is 0 Å². The summed E-state index contributed by atoms with van der Waals surface area (Å²) in [5.41, 5.74) is 16.6. The molecule has 0 amide bonds. The van der Waals surface area contributed by atoms with Gasteiger partial charge in [-0.05, 0) is 129 Å². The zero-order valence-corrected chi connectivity index (χ0v) is 33.7. The molecule has 0 bridgehead atoms.